The molecule has 4 rings (SSSR count). The van der Waals surface area contributed by atoms with Crippen molar-refractivity contribution in [3.05, 3.63) is 105 Å². The third-order valence-electron chi connectivity index (χ3n) is 4.49. The fraction of sp³-hybridized carbons (Fsp3) is 0.0455. The van der Waals surface area contributed by atoms with Gasteiger partial charge in [-0.15, -0.1) is 0 Å². The largest absolute Gasteiger partial charge is 0.334 e. The van der Waals surface area contributed by atoms with Crippen LogP contribution in [0, 0.1) is 10.1 Å². The Labute approximate surface area is 181 Å². The molecule has 1 heterocycles. The number of carbonyl (C=O) groups is 1. The van der Waals surface area contributed by atoms with Crippen molar-refractivity contribution in [1.82, 2.24) is 10.1 Å². The molecule has 1 amide bonds. The summed E-state index contributed by atoms with van der Waals surface area (Å²) in [5.41, 5.74) is 1.94. The van der Waals surface area contributed by atoms with E-state index in [1.54, 1.807) is 24.3 Å². The Balaban J connectivity index is 1.57. The molecule has 0 unspecified atom stereocenters. The molecule has 3 aromatic carbocycles. The van der Waals surface area contributed by atoms with Crippen LogP contribution in [-0.2, 0) is 6.42 Å². The van der Waals surface area contributed by atoms with E-state index in [1.807, 2.05) is 30.3 Å². The van der Waals surface area contributed by atoms with E-state index >= 15 is 0 Å². The predicted octanol–water partition coefficient (Wildman–Crippen LogP) is 5.14. The monoisotopic (exact) mass is 434 g/mol. The quantitative estimate of drug-likeness (QED) is 0.332. The lowest BCUT2D eigenvalue weighted by molar-refractivity contribution is -0.384. The number of non-ortho nitro benzene ring substituents is 1. The van der Waals surface area contributed by atoms with Crippen molar-refractivity contribution in [3.63, 3.8) is 0 Å². The lowest BCUT2D eigenvalue weighted by Crippen LogP contribution is -2.13. The minimum Gasteiger partial charge on any atom is -0.334 e. The smallest absolute Gasteiger partial charge is 0.270 e. The summed E-state index contributed by atoms with van der Waals surface area (Å²) in [5, 5.41) is 17.6. The van der Waals surface area contributed by atoms with Gasteiger partial charge in [-0.2, -0.15) is 4.98 Å². The number of amides is 1. The van der Waals surface area contributed by atoms with Crippen LogP contribution in [0.5, 0.6) is 0 Å². The maximum atomic E-state index is 12.7. The highest BCUT2D eigenvalue weighted by Crippen LogP contribution is 2.29. The van der Waals surface area contributed by atoms with Gasteiger partial charge >= 0.3 is 0 Å². The van der Waals surface area contributed by atoms with Crippen molar-refractivity contribution in [2.24, 2.45) is 0 Å². The number of rotatable bonds is 6. The van der Waals surface area contributed by atoms with Gasteiger partial charge in [0.05, 0.1) is 26.8 Å². The van der Waals surface area contributed by atoms with Crippen LogP contribution in [-0.4, -0.2) is 21.0 Å². The van der Waals surface area contributed by atoms with Gasteiger partial charge in [0.25, 0.3) is 17.5 Å². The Kier molecular flexibility index (Phi) is 5.72. The first-order chi connectivity index (χ1) is 15.0. The summed E-state index contributed by atoms with van der Waals surface area (Å²) in [6.07, 6.45) is 0.511. The molecule has 8 nitrogen and oxygen atoms in total. The Bertz CT molecular complexity index is 1260. The van der Waals surface area contributed by atoms with Crippen LogP contribution in [0.15, 0.2) is 77.3 Å². The van der Waals surface area contributed by atoms with E-state index in [2.05, 4.69) is 15.5 Å². The molecular formula is C22H15ClN4O4. The van der Waals surface area contributed by atoms with Crippen molar-refractivity contribution in [2.45, 2.75) is 6.42 Å². The van der Waals surface area contributed by atoms with E-state index in [4.69, 9.17) is 16.1 Å². The van der Waals surface area contributed by atoms with E-state index in [0.29, 0.717) is 23.5 Å². The number of halogens is 1. The molecule has 0 fully saturated rings. The van der Waals surface area contributed by atoms with Crippen molar-refractivity contribution >= 4 is 28.9 Å². The highest BCUT2D eigenvalue weighted by Gasteiger charge is 2.18. The zero-order valence-corrected chi connectivity index (χ0v) is 16.7. The maximum Gasteiger partial charge on any atom is 0.270 e. The van der Waals surface area contributed by atoms with Crippen LogP contribution in [0.1, 0.15) is 21.7 Å². The topological polar surface area (TPSA) is 111 Å². The molecule has 0 spiro atoms. The Morgan fingerprint density at radius 1 is 1.06 bits per heavy atom. The maximum absolute atomic E-state index is 12.7. The number of hydrogen-bond donors (Lipinski definition) is 1. The molecule has 0 atom stereocenters. The van der Waals surface area contributed by atoms with Crippen LogP contribution in [0.4, 0.5) is 11.4 Å². The van der Waals surface area contributed by atoms with E-state index in [0.717, 1.165) is 11.6 Å². The number of hydrogen-bond acceptors (Lipinski definition) is 6. The number of para-hydroxylation sites is 1. The first kappa shape index (κ1) is 20.2. The number of nitro groups is 1. The Morgan fingerprint density at radius 2 is 1.81 bits per heavy atom. The molecule has 0 radical (unpaired) electrons. The van der Waals surface area contributed by atoms with Crippen LogP contribution in [0.2, 0.25) is 5.02 Å². The second kappa shape index (κ2) is 8.76. The van der Waals surface area contributed by atoms with Gasteiger partial charge < -0.3 is 9.84 Å². The molecule has 0 aliphatic carbocycles. The van der Waals surface area contributed by atoms with Crippen molar-refractivity contribution in [2.75, 3.05) is 5.32 Å². The number of nitrogens with one attached hydrogen (secondary N) is 1. The molecule has 1 aromatic heterocycles. The molecule has 0 saturated carbocycles. The second-order valence-corrected chi connectivity index (χ2v) is 7.01. The highest BCUT2D eigenvalue weighted by atomic mass is 35.5. The number of carbonyl (C=O) groups excluding carboxylic acids is 1. The number of nitrogens with zero attached hydrogens (tertiary/aromatic N) is 3. The van der Waals surface area contributed by atoms with Crippen molar-refractivity contribution in [3.8, 4) is 11.5 Å². The fourth-order valence-electron chi connectivity index (χ4n) is 2.98. The fourth-order valence-corrected chi connectivity index (χ4v) is 3.24. The average Bonchev–Trinajstić information content (AvgIpc) is 3.22. The zero-order valence-electron chi connectivity index (χ0n) is 16.0. The average molecular weight is 435 g/mol. The molecule has 1 N–H and O–H groups in total. The lowest BCUT2D eigenvalue weighted by atomic mass is 10.1. The first-order valence-corrected chi connectivity index (χ1v) is 9.60. The van der Waals surface area contributed by atoms with E-state index in [-0.39, 0.29) is 22.2 Å². The Morgan fingerprint density at radius 3 is 2.55 bits per heavy atom. The highest BCUT2D eigenvalue weighted by molar-refractivity contribution is 6.34. The predicted molar refractivity (Wildman–Crippen MR) is 115 cm³/mol. The van der Waals surface area contributed by atoms with Gasteiger partial charge in [0.2, 0.25) is 0 Å². The van der Waals surface area contributed by atoms with Crippen LogP contribution < -0.4 is 5.32 Å². The number of nitro benzene ring substituents is 1. The van der Waals surface area contributed by atoms with E-state index < -0.39 is 10.8 Å². The van der Waals surface area contributed by atoms with Gasteiger partial charge in [0, 0.05) is 18.6 Å². The van der Waals surface area contributed by atoms with Crippen LogP contribution in [0.25, 0.3) is 11.5 Å². The van der Waals surface area contributed by atoms with Crippen LogP contribution >= 0.6 is 11.6 Å². The molecule has 154 valence electrons. The first-order valence-electron chi connectivity index (χ1n) is 9.22. The van der Waals surface area contributed by atoms with Crippen LogP contribution in [0.3, 0.4) is 0 Å². The SMILES string of the molecule is O=C(Nc1ccccc1-c1nc(Cc2ccccc2)no1)c1ccc([N+](=O)[O-])cc1Cl. The summed E-state index contributed by atoms with van der Waals surface area (Å²) in [6.45, 7) is 0. The van der Waals surface area contributed by atoms with Gasteiger partial charge in [-0.25, -0.2) is 0 Å². The molecule has 0 saturated heterocycles. The lowest BCUT2D eigenvalue weighted by Gasteiger charge is -2.09. The molecule has 4 aromatic rings. The summed E-state index contributed by atoms with van der Waals surface area (Å²) in [7, 11) is 0. The summed E-state index contributed by atoms with van der Waals surface area (Å²) >= 11 is 6.07. The number of aromatic nitrogens is 2. The summed E-state index contributed by atoms with van der Waals surface area (Å²) in [4.78, 5) is 27.4. The zero-order chi connectivity index (χ0) is 21.8. The molecule has 31 heavy (non-hydrogen) atoms. The molecule has 0 aliphatic rings. The molecule has 0 aliphatic heterocycles. The molecular weight excluding hydrogens is 420 g/mol. The normalized spacial score (nSPS) is 10.6. The van der Waals surface area contributed by atoms with Gasteiger partial charge in [-0.3, -0.25) is 14.9 Å². The third kappa shape index (κ3) is 4.59. The summed E-state index contributed by atoms with van der Waals surface area (Å²) in [5.74, 6) is 0.258. The standard InChI is InChI=1S/C22H15ClN4O4/c23-18-13-15(27(29)30)10-11-16(18)21(28)24-19-9-5-4-8-17(19)22-25-20(26-31-22)12-14-6-2-1-3-7-14/h1-11,13H,12H2,(H,24,28). The number of benzene rings is 3. The molecule has 0 bridgehead atoms. The minimum atomic E-state index is -0.578. The summed E-state index contributed by atoms with van der Waals surface area (Å²) < 4.78 is 5.40. The molecule has 9 heteroatoms. The minimum absolute atomic E-state index is 0.0212. The van der Waals surface area contributed by atoms with Gasteiger partial charge in [0.15, 0.2) is 5.82 Å². The van der Waals surface area contributed by atoms with Crippen molar-refractivity contribution in [1.29, 1.82) is 0 Å². The number of anilines is 1. The second-order valence-electron chi connectivity index (χ2n) is 6.60. The van der Waals surface area contributed by atoms with Gasteiger partial charge in [0.1, 0.15) is 0 Å². The van der Waals surface area contributed by atoms with E-state index in [9.17, 15) is 14.9 Å². The van der Waals surface area contributed by atoms with Gasteiger partial charge in [-0.1, -0.05) is 59.2 Å². The van der Waals surface area contributed by atoms with Crippen molar-refractivity contribution < 1.29 is 14.2 Å². The third-order valence-corrected chi connectivity index (χ3v) is 4.80. The Hall–Kier alpha value is -4.04. The van der Waals surface area contributed by atoms with E-state index in [1.165, 1.54) is 12.1 Å². The van der Waals surface area contributed by atoms with Gasteiger partial charge in [-0.05, 0) is 23.8 Å². The summed E-state index contributed by atoms with van der Waals surface area (Å²) in [6, 6.07) is 20.4.